The largest absolute Gasteiger partial charge is 0.419 e. The molecule has 1 aromatic heterocycles. The highest BCUT2D eigenvalue weighted by Gasteiger charge is 2.40. The standard InChI is InChI=1S/C24H19F5N4O2/c1-12-14-8-13(25)2-3-19(14)32-11-33(20-4-5-22(34)31-18(20)6-7-30-12)23(35)15-9-17(26)16(10-21(15)32)24(27,28)29/h2-5,8-10,12,30H,6-7,11H2,1H3,(H,31,34)/t12-/m0/s1. The molecule has 0 saturated heterocycles. The second-order valence-electron chi connectivity index (χ2n) is 8.46. The van der Waals surface area contributed by atoms with E-state index in [4.69, 9.17) is 0 Å². The maximum Gasteiger partial charge on any atom is 0.419 e. The number of aromatic amines is 1. The van der Waals surface area contributed by atoms with Gasteiger partial charge in [0.15, 0.2) is 0 Å². The number of carbonyl (C=O) groups is 1. The molecule has 2 aromatic carbocycles. The number of fused-ring (bicyclic) bond motifs is 8. The van der Waals surface area contributed by atoms with E-state index in [1.807, 2.05) is 0 Å². The van der Waals surface area contributed by atoms with E-state index in [1.165, 1.54) is 40.1 Å². The van der Waals surface area contributed by atoms with Gasteiger partial charge < -0.3 is 15.2 Å². The molecule has 3 aromatic rings. The van der Waals surface area contributed by atoms with E-state index >= 15 is 0 Å². The molecule has 0 radical (unpaired) electrons. The van der Waals surface area contributed by atoms with Gasteiger partial charge in [-0.15, -0.1) is 0 Å². The summed E-state index contributed by atoms with van der Waals surface area (Å²) in [5, 5.41) is 3.22. The van der Waals surface area contributed by atoms with Gasteiger partial charge in [-0.3, -0.25) is 14.5 Å². The first-order valence-corrected chi connectivity index (χ1v) is 10.8. The Kier molecular flexibility index (Phi) is 5.39. The number of pyridine rings is 1. The van der Waals surface area contributed by atoms with Crippen molar-refractivity contribution in [3.63, 3.8) is 0 Å². The van der Waals surface area contributed by atoms with E-state index < -0.39 is 35.3 Å². The lowest BCUT2D eigenvalue weighted by molar-refractivity contribution is -0.139. The predicted molar refractivity (Wildman–Crippen MR) is 119 cm³/mol. The maximum atomic E-state index is 14.6. The molecule has 2 bridgehead atoms. The summed E-state index contributed by atoms with van der Waals surface area (Å²) in [6, 6.07) is 7.30. The molecule has 1 amide bonds. The number of benzene rings is 2. The molecule has 11 heteroatoms. The van der Waals surface area contributed by atoms with Crippen molar-refractivity contribution < 1.29 is 26.7 Å². The molecule has 0 unspecified atom stereocenters. The lowest BCUT2D eigenvalue weighted by Gasteiger charge is -2.40. The number of nitrogens with zero attached hydrogens (tertiary/aromatic N) is 2. The lowest BCUT2D eigenvalue weighted by atomic mass is 9.99. The summed E-state index contributed by atoms with van der Waals surface area (Å²) in [7, 11) is 0. The number of hydrogen-bond acceptors (Lipinski definition) is 4. The molecule has 2 aliphatic heterocycles. The van der Waals surface area contributed by atoms with Crippen molar-refractivity contribution >= 4 is 23.0 Å². The molecule has 0 spiro atoms. The van der Waals surface area contributed by atoms with Crippen LogP contribution in [0.25, 0.3) is 0 Å². The normalized spacial score (nSPS) is 17.9. The minimum Gasteiger partial charge on any atom is -0.324 e. The Labute approximate surface area is 196 Å². The number of alkyl halides is 3. The number of hydrogen-bond donors (Lipinski definition) is 2. The number of halogens is 5. The molecule has 1 atom stereocenters. The van der Waals surface area contributed by atoms with Gasteiger partial charge in [0, 0.05) is 36.5 Å². The second kappa shape index (κ2) is 8.19. The van der Waals surface area contributed by atoms with E-state index in [1.54, 1.807) is 6.92 Å². The van der Waals surface area contributed by atoms with Gasteiger partial charge in [-0.05, 0) is 48.9 Å². The molecule has 6 nitrogen and oxygen atoms in total. The van der Waals surface area contributed by atoms with Crippen LogP contribution in [0.1, 0.15) is 40.1 Å². The molecule has 5 rings (SSSR count). The van der Waals surface area contributed by atoms with Crippen molar-refractivity contribution in [2.75, 3.05) is 23.0 Å². The van der Waals surface area contributed by atoms with E-state index in [2.05, 4.69) is 10.3 Å². The molecule has 35 heavy (non-hydrogen) atoms. The summed E-state index contributed by atoms with van der Waals surface area (Å²) in [5.74, 6) is -2.84. The Morgan fingerprint density at radius 2 is 1.69 bits per heavy atom. The molecule has 182 valence electrons. The number of rotatable bonds is 0. The summed E-state index contributed by atoms with van der Waals surface area (Å²) in [6.45, 7) is 1.88. The minimum atomic E-state index is -4.99. The van der Waals surface area contributed by atoms with E-state index in [9.17, 15) is 31.5 Å². The van der Waals surface area contributed by atoms with E-state index in [-0.39, 0.29) is 23.5 Å². The topological polar surface area (TPSA) is 68.4 Å². The summed E-state index contributed by atoms with van der Waals surface area (Å²) < 4.78 is 69.4. The number of aromatic nitrogens is 1. The monoisotopic (exact) mass is 490 g/mol. The molecule has 0 saturated carbocycles. The average molecular weight is 490 g/mol. The highest BCUT2D eigenvalue weighted by atomic mass is 19.4. The van der Waals surface area contributed by atoms with Crippen molar-refractivity contribution in [3.8, 4) is 0 Å². The van der Waals surface area contributed by atoms with Crippen molar-refractivity contribution in [1.29, 1.82) is 0 Å². The van der Waals surface area contributed by atoms with Crippen molar-refractivity contribution in [2.24, 2.45) is 0 Å². The van der Waals surface area contributed by atoms with Crippen LogP contribution in [-0.4, -0.2) is 24.1 Å². The predicted octanol–water partition coefficient (Wildman–Crippen LogP) is 4.63. The lowest BCUT2D eigenvalue weighted by Crippen LogP contribution is -2.46. The zero-order chi connectivity index (χ0) is 25.1. The van der Waals surface area contributed by atoms with Crippen LogP contribution in [-0.2, 0) is 12.6 Å². The van der Waals surface area contributed by atoms with Gasteiger partial charge in [0.25, 0.3) is 5.91 Å². The van der Waals surface area contributed by atoms with Crippen LogP contribution in [0.5, 0.6) is 0 Å². The highest BCUT2D eigenvalue weighted by Crippen LogP contribution is 2.43. The van der Waals surface area contributed by atoms with Gasteiger partial charge >= 0.3 is 6.18 Å². The van der Waals surface area contributed by atoms with E-state index in [0.29, 0.717) is 47.7 Å². The zero-order valence-electron chi connectivity index (χ0n) is 18.3. The molecular weight excluding hydrogens is 471 g/mol. The fourth-order valence-corrected chi connectivity index (χ4v) is 4.59. The second-order valence-corrected chi connectivity index (χ2v) is 8.46. The Morgan fingerprint density at radius 1 is 0.943 bits per heavy atom. The third kappa shape index (κ3) is 3.95. The molecule has 0 aliphatic carbocycles. The molecule has 2 aliphatic rings. The Balaban J connectivity index is 1.81. The van der Waals surface area contributed by atoms with Crippen LogP contribution in [0.2, 0.25) is 0 Å². The Hall–Kier alpha value is -3.73. The molecule has 0 fully saturated rings. The van der Waals surface area contributed by atoms with Crippen molar-refractivity contribution in [2.45, 2.75) is 25.6 Å². The summed E-state index contributed by atoms with van der Waals surface area (Å²) >= 11 is 0. The van der Waals surface area contributed by atoms with Gasteiger partial charge in [-0.2, -0.15) is 13.2 Å². The van der Waals surface area contributed by atoms with Crippen LogP contribution in [0.4, 0.5) is 39.0 Å². The van der Waals surface area contributed by atoms with Gasteiger partial charge in [0.2, 0.25) is 5.56 Å². The van der Waals surface area contributed by atoms with Crippen LogP contribution in [0.15, 0.2) is 47.3 Å². The van der Waals surface area contributed by atoms with Crippen molar-refractivity contribution in [1.82, 2.24) is 10.3 Å². The smallest absolute Gasteiger partial charge is 0.324 e. The number of nitrogens with one attached hydrogen (secondary N) is 2. The third-order valence-electron chi connectivity index (χ3n) is 6.28. The summed E-state index contributed by atoms with van der Waals surface area (Å²) in [5.41, 5.74) is -0.755. The fraction of sp³-hybridized carbons (Fsp3) is 0.250. The zero-order valence-corrected chi connectivity index (χ0v) is 18.3. The number of carbonyl (C=O) groups excluding carboxylic acids is 1. The molecular formula is C24H19F5N4O2. The van der Waals surface area contributed by atoms with Gasteiger partial charge in [0.05, 0.1) is 22.5 Å². The first-order chi connectivity index (χ1) is 16.5. The minimum absolute atomic E-state index is 0.148. The highest BCUT2D eigenvalue weighted by molar-refractivity contribution is 6.13. The van der Waals surface area contributed by atoms with E-state index in [0.717, 1.165) is 0 Å². The molecule has 3 heterocycles. The number of amides is 1. The Bertz CT molecular complexity index is 1400. The quantitative estimate of drug-likeness (QED) is 0.451. The maximum absolute atomic E-state index is 14.6. The third-order valence-corrected chi connectivity index (χ3v) is 6.28. The van der Waals surface area contributed by atoms with Gasteiger partial charge in [-0.1, -0.05) is 0 Å². The average Bonchev–Trinajstić information content (AvgIpc) is 2.80. The first-order valence-electron chi connectivity index (χ1n) is 10.8. The van der Waals surface area contributed by atoms with Crippen LogP contribution in [0, 0.1) is 11.6 Å². The van der Waals surface area contributed by atoms with Crippen LogP contribution < -0.4 is 20.7 Å². The number of anilines is 3. The summed E-state index contributed by atoms with van der Waals surface area (Å²) in [6.07, 6.45) is -4.68. The number of H-pyrrole nitrogens is 1. The van der Waals surface area contributed by atoms with Crippen LogP contribution >= 0.6 is 0 Å². The first kappa shape index (κ1) is 23.0. The fourth-order valence-electron chi connectivity index (χ4n) is 4.59. The Morgan fingerprint density at radius 3 is 2.43 bits per heavy atom. The molecule has 2 N–H and O–H groups in total. The van der Waals surface area contributed by atoms with Gasteiger partial charge in [0.1, 0.15) is 18.3 Å². The van der Waals surface area contributed by atoms with Crippen molar-refractivity contribution in [3.05, 3.63) is 86.8 Å². The summed E-state index contributed by atoms with van der Waals surface area (Å²) in [4.78, 5) is 30.8. The van der Waals surface area contributed by atoms with Crippen LogP contribution in [0.3, 0.4) is 0 Å². The SMILES string of the molecule is C[C@@H]1NCCc2[nH]c(=O)ccc2N2CN(c3cc(C(F)(F)F)c(F)cc3C2=O)c2ccc(F)cc21. The van der Waals surface area contributed by atoms with Gasteiger partial charge in [-0.25, -0.2) is 8.78 Å².